The Labute approximate surface area is 144 Å². The molecule has 2 aliphatic heterocycles. The molecule has 2 N–H and O–H groups in total. The molecule has 0 spiro atoms. The molecule has 0 aromatic rings. The van der Waals surface area contributed by atoms with Gasteiger partial charge in [-0.05, 0) is 45.1 Å². The van der Waals surface area contributed by atoms with Gasteiger partial charge in [0.2, 0.25) is 5.91 Å². The maximum absolute atomic E-state index is 12.7. The summed E-state index contributed by atoms with van der Waals surface area (Å²) in [6.45, 7) is 1.15. The standard InChI is InChI=1S/C17H30N2O4S/c20-16(18-13-17(21)8-11-24(22,23)12-9-17)15-7-3-4-10-19(15)14-5-1-2-6-14/h14-15,21H,1-13H2,(H,18,20). The molecular formula is C17H30N2O4S. The van der Waals surface area contributed by atoms with E-state index in [1.807, 2.05) is 0 Å². The Morgan fingerprint density at radius 2 is 1.71 bits per heavy atom. The molecule has 3 rings (SSSR count). The van der Waals surface area contributed by atoms with E-state index in [-0.39, 0.29) is 42.8 Å². The van der Waals surface area contributed by atoms with Crippen molar-refractivity contribution in [2.45, 2.75) is 75.5 Å². The first-order valence-corrected chi connectivity index (χ1v) is 11.2. The van der Waals surface area contributed by atoms with Crippen molar-refractivity contribution >= 4 is 15.7 Å². The van der Waals surface area contributed by atoms with Gasteiger partial charge < -0.3 is 10.4 Å². The zero-order valence-electron chi connectivity index (χ0n) is 14.4. The van der Waals surface area contributed by atoms with Crippen LogP contribution in [0.1, 0.15) is 57.8 Å². The summed E-state index contributed by atoms with van der Waals surface area (Å²) >= 11 is 0. The van der Waals surface area contributed by atoms with Crippen LogP contribution in [0.25, 0.3) is 0 Å². The highest BCUT2D eigenvalue weighted by molar-refractivity contribution is 7.91. The van der Waals surface area contributed by atoms with Crippen molar-refractivity contribution in [3.8, 4) is 0 Å². The molecule has 1 unspecified atom stereocenters. The van der Waals surface area contributed by atoms with Crippen LogP contribution in [-0.4, -0.2) is 66.6 Å². The van der Waals surface area contributed by atoms with Crippen molar-refractivity contribution < 1.29 is 18.3 Å². The Bertz CT molecular complexity index is 543. The topological polar surface area (TPSA) is 86.7 Å². The maximum atomic E-state index is 12.7. The molecule has 3 fully saturated rings. The lowest BCUT2D eigenvalue weighted by Gasteiger charge is -2.39. The predicted molar refractivity (Wildman–Crippen MR) is 92.4 cm³/mol. The number of amides is 1. The van der Waals surface area contributed by atoms with Crippen LogP contribution < -0.4 is 5.32 Å². The minimum Gasteiger partial charge on any atom is -0.388 e. The molecule has 1 saturated carbocycles. The summed E-state index contributed by atoms with van der Waals surface area (Å²) in [6.07, 6.45) is 8.42. The van der Waals surface area contributed by atoms with Gasteiger partial charge in [-0.25, -0.2) is 8.42 Å². The van der Waals surface area contributed by atoms with Crippen LogP contribution in [0.4, 0.5) is 0 Å². The number of nitrogens with zero attached hydrogens (tertiary/aromatic N) is 1. The first-order chi connectivity index (χ1) is 11.4. The van der Waals surface area contributed by atoms with Gasteiger partial charge in [0.25, 0.3) is 0 Å². The first kappa shape index (κ1) is 18.1. The first-order valence-electron chi connectivity index (χ1n) is 9.35. The maximum Gasteiger partial charge on any atom is 0.237 e. The van der Waals surface area contributed by atoms with Crippen molar-refractivity contribution in [2.24, 2.45) is 0 Å². The van der Waals surface area contributed by atoms with Crippen LogP contribution in [0.5, 0.6) is 0 Å². The van der Waals surface area contributed by atoms with Crippen LogP contribution in [0, 0.1) is 0 Å². The molecule has 0 bridgehead atoms. The van der Waals surface area contributed by atoms with Gasteiger partial charge >= 0.3 is 0 Å². The van der Waals surface area contributed by atoms with Crippen molar-refractivity contribution in [3.63, 3.8) is 0 Å². The Balaban J connectivity index is 1.55. The number of rotatable bonds is 4. The molecule has 1 aliphatic carbocycles. The van der Waals surface area contributed by atoms with Gasteiger partial charge in [0.05, 0.1) is 23.1 Å². The third-order valence-corrected chi connectivity index (χ3v) is 7.64. The fourth-order valence-electron chi connectivity index (χ4n) is 4.37. The normalized spacial score (nSPS) is 31.0. The second-order valence-corrected chi connectivity index (χ2v) is 10.1. The molecule has 7 heteroatoms. The van der Waals surface area contributed by atoms with Gasteiger partial charge in [0, 0.05) is 12.6 Å². The molecule has 24 heavy (non-hydrogen) atoms. The van der Waals surface area contributed by atoms with E-state index < -0.39 is 15.4 Å². The summed E-state index contributed by atoms with van der Waals surface area (Å²) in [6, 6.07) is 0.446. The lowest BCUT2D eigenvalue weighted by atomic mass is 9.95. The predicted octanol–water partition coefficient (Wildman–Crippen LogP) is 0.839. The van der Waals surface area contributed by atoms with Crippen LogP contribution >= 0.6 is 0 Å². The van der Waals surface area contributed by atoms with Crippen molar-refractivity contribution in [1.82, 2.24) is 10.2 Å². The molecule has 138 valence electrons. The van der Waals surface area contributed by atoms with E-state index in [0.29, 0.717) is 6.04 Å². The van der Waals surface area contributed by atoms with Gasteiger partial charge in [0.15, 0.2) is 9.84 Å². The highest BCUT2D eigenvalue weighted by Gasteiger charge is 2.38. The fraction of sp³-hybridized carbons (Fsp3) is 0.941. The van der Waals surface area contributed by atoms with Gasteiger partial charge in [0.1, 0.15) is 0 Å². The van der Waals surface area contributed by atoms with E-state index >= 15 is 0 Å². The van der Waals surface area contributed by atoms with Crippen molar-refractivity contribution in [1.29, 1.82) is 0 Å². The third kappa shape index (κ3) is 4.29. The minimum absolute atomic E-state index is 0.00320. The summed E-state index contributed by atoms with van der Waals surface area (Å²) in [5, 5.41) is 13.5. The smallest absolute Gasteiger partial charge is 0.237 e. The minimum atomic E-state index is -3.01. The molecule has 1 atom stereocenters. The number of carbonyl (C=O) groups is 1. The zero-order chi connectivity index (χ0) is 17.2. The van der Waals surface area contributed by atoms with Gasteiger partial charge in [-0.15, -0.1) is 0 Å². The Kier molecular flexibility index (Phi) is 5.52. The van der Waals surface area contributed by atoms with Crippen LogP contribution in [0.15, 0.2) is 0 Å². The van der Waals surface area contributed by atoms with Crippen LogP contribution in [0.3, 0.4) is 0 Å². The third-order valence-electron chi connectivity index (χ3n) is 5.99. The van der Waals surface area contributed by atoms with E-state index in [1.165, 1.54) is 25.7 Å². The quantitative estimate of drug-likeness (QED) is 0.778. The second-order valence-electron chi connectivity index (χ2n) is 7.78. The van der Waals surface area contributed by atoms with E-state index in [9.17, 15) is 18.3 Å². The van der Waals surface area contributed by atoms with Crippen LogP contribution in [-0.2, 0) is 14.6 Å². The van der Waals surface area contributed by atoms with Crippen molar-refractivity contribution in [3.05, 3.63) is 0 Å². The highest BCUT2D eigenvalue weighted by atomic mass is 32.2. The summed E-state index contributed by atoms with van der Waals surface area (Å²) in [4.78, 5) is 15.1. The summed E-state index contributed by atoms with van der Waals surface area (Å²) in [5.74, 6) is 0.0250. The Morgan fingerprint density at radius 3 is 2.38 bits per heavy atom. The number of hydrogen-bond donors (Lipinski definition) is 2. The van der Waals surface area contributed by atoms with Gasteiger partial charge in [-0.1, -0.05) is 19.3 Å². The Hall–Kier alpha value is -0.660. The number of hydrogen-bond acceptors (Lipinski definition) is 5. The SMILES string of the molecule is O=C(NCC1(O)CCS(=O)(=O)CC1)C1CCCCN1C1CCCC1. The number of carbonyl (C=O) groups excluding carboxylic acids is 1. The molecule has 0 radical (unpaired) electrons. The number of aliphatic hydroxyl groups is 1. The van der Waals surface area contributed by atoms with Crippen LogP contribution in [0.2, 0.25) is 0 Å². The van der Waals surface area contributed by atoms with E-state index in [0.717, 1.165) is 25.8 Å². The monoisotopic (exact) mass is 358 g/mol. The summed E-state index contributed by atoms with van der Waals surface area (Å²) < 4.78 is 23.0. The molecule has 6 nitrogen and oxygen atoms in total. The molecule has 1 amide bonds. The summed E-state index contributed by atoms with van der Waals surface area (Å²) in [7, 11) is -3.01. The fourth-order valence-corrected chi connectivity index (χ4v) is 5.96. The van der Waals surface area contributed by atoms with Crippen molar-refractivity contribution in [2.75, 3.05) is 24.6 Å². The number of likely N-dealkylation sites (tertiary alicyclic amines) is 1. The van der Waals surface area contributed by atoms with Gasteiger partial charge in [-0.3, -0.25) is 9.69 Å². The van der Waals surface area contributed by atoms with E-state index in [2.05, 4.69) is 10.2 Å². The highest BCUT2D eigenvalue weighted by Crippen LogP contribution is 2.30. The average Bonchev–Trinajstić information content (AvgIpc) is 3.10. The lowest BCUT2D eigenvalue weighted by Crippen LogP contribution is -2.56. The van der Waals surface area contributed by atoms with Gasteiger partial charge in [-0.2, -0.15) is 0 Å². The molecule has 2 heterocycles. The zero-order valence-corrected chi connectivity index (χ0v) is 15.2. The molecule has 2 saturated heterocycles. The van der Waals surface area contributed by atoms with E-state index in [4.69, 9.17) is 0 Å². The molecule has 0 aromatic heterocycles. The average molecular weight is 359 g/mol. The Morgan fingerprint density at radius 1 is 1.08 bits per heavy atom. The molecule has 3 aliphatic rings. The largest absolute Gasteiger partial charge is 0.388 e. The number of piperidine rings is 1. The number of nitrogens with one attached hydrogen (secondary N) is 1. The number of sulfone groups is 1. The summed E-state index contributed by atoms with van der Waals surface area (Å²) in [5.41, 5.74) is -1.08. The van der Waals surface area contributed by atoms with E-state index in [1.54, 1.807) is 0 Å². The second kappa shape index (κ2) is 7.30. The molecular weight excluding hydrogens is 328 g/mol. The lowest BCUT2D eigenvalue weighted by molar-refractivity contribution is -0.130. The molecule has 0 aromatic carbocycles.